The van der Waals surface area contributed by atoms with Crippen molar-refractivity contribution >= 4 is 139 Å². The lowest BCUT2D eigenvalue weighted by Gasteiger charge is -2.37. The maximum atomic E-state index is 13.6. The number of ether oxygens (including phenoxy) is 3. The molecule has 7 aliphatic heterocycles. The van der Waals surface area contributed by atoms with Crippen molar-refractivity contribution in [3.63, 3.8) is 0 Å². The summed E-state index contributed by atoms with van der Waals surface area (Å²) in [5.74, 6) is -1.80. The highest BCUT2D eigenvalue weighted by Crippen LogP contribution is 2.36. The number of Topliss-reactive ketones (excluding diaryl/α,β-unsaturated/α-hetero) is 2. The Bertz CT molecular complexity index is 5630. The summed E-state index contributed by atoms with van der Waals surface area (Å²) in [6, 6.07) is 28.0. The lowest BCUT2D eigenvalue weighted by molar-refractivity contribution is -0.113. The number of anilines is 5. The molecule has 8 amide bonds. The van der Waals surface area contributed by atoms with Gasteiger partial charge >= 0.3 is 18.3 Å². The van der Waals surface area contributed by atoms with Crippen molar-refractivity contribution in [3.8, 4) is 0 Å². The number of pyridine rings is 5. The Morgan fingerprint density at radius 3 is 0.993 bits per heavy atom. The Morgan fingerprint density at radius 2 is 0.692 bits per heavy atom. The molecule has 14 rings (SSSR count). The van der Waals surface area contributed by atoms with Crippen molar-refractivity contribution in [2.24, 2.45) is 9.98 Å². The van der Waals surface area contributed by atoms with Crippen LogP contribution in [0.4, 0.5) is 80.5 Å². The lowest BCUT2D eigenvalue weighted by Crippen LogP contribution is -2.50. The van der Waals surface area contributed by atoms with Gasteiger partial charge in [-0.05, 0) is 176 Å². The molecular weight excluding hydrogens is 1930 g/mol. The van der Waals surface area contributed by atoms with Crippen LogP contribution in [0.3, 0.4) is 0 Å². The van der Waals surface area contributed by atoms with E-state index in [9.17, 15) is 79.1 Å². The maximum absolute atomic E-state index is 13.6. The second kappa shape index (κ2) is 52.4. The van der Waals surface area contributed by atoms with Crippen LogP contribution in [0.25, 0.3) is 6.08 Å². The molecule has 0 unspecified atom stereocenters. The average molecular weight is 2060 g/mol. The standard InChI is InChI=1S/C24H27F2N5O2.C18H26N4O3.C17H24F2N4O3.C17H24N4O4.C12H12BrNO.C12H16F2N4O/c1-3-17-21(32)13-16-12-15(4-5-18(16)28-17)14-30-8-10-31(11-9-30)20-7-6-19(24(33)27-2)29-22(20)23(25)26;1-6-13-15(8-7-14(20-13)16(23)19-5)21-9-11-22(12-10-21)17(24)25-18(2,3)4;1-17(2,3)26-16(25)23-9-7-22(8-10-23)12-6-5-11(15(24)20-4)21-13(12)14(18)19;1-17(2,3)25-16(24)21-9-7-20(8-10-21)14-6-5-12(15(23)18-4)19-13(14)11-22;1-2-10-12(15)6-9-5-8(7-13)3-4-11(9)14-10;1-15-12(19)8-2-3-9(10(17-8)11(13)14)18-6-4-16-5-7-18/h4-7,12,23H,3,8-11,13-14H2,1-2H3,(H,27,33);6-8H,1,9-12H2,2-5H3,(H,19,23);5-6,14H,7-10H2,1-4H3,(H,20,24);5-6,11H,7-10H2,1-4H3,(H,18,23);3-5H,2,6-7H2,1H3;2-3,11,16H,4-7H2,1H3,(H,15,19). The number of carbonyl (C=O) groups is 11. The van der Waals surface area contributed by atoms with Crippen LogP contribution in [0.1, 0.15) is 216 Å². The number of aliphatic imine (C=N–C) groups is 2. The van der Waals surface area contributed by atoms with Gasteiger partial charge in [0.25, 0.3) is 48.8 Å². The second-order valence-corrected chi connectivity index (χ2v) is 37.1. The van der Waals surface area contributed by atoms with Crippen molar-refractivity contribution in [2.75, 3.05) is 191 Å². The summed E-state index contributed by atoms with van der Waals surface area (Å²) >= 11 is 3.41. The summed E-state index contributed by atoms with van der Waals surface area (Å²) in [4.78, 5) is 175. The average Bonchev–Trinajstić information content (AvgIpc) is 0.822. The SMILES string of the molecule is C=Cc1nc(C(=O)NC)ccc1N1CCN(C(=O)OC(C)(C)C)CC1.CCC1=Nc2ccc(CBr)cc2CC1=O.CCC1=Nc2ccc(CN3CCN(c4ccc(C(=O)NC)nc4C(F)F)CC3)cc2CC1=O.CNC(=O)c1ccc(N2CCN(C(=O)OC(C)(C)C)CC2)c(C(F)F)n1.CNC(=O)c1ccc(N2CCN(C(=O)OC(C)(C)C)CC2)c(C=O)n1.CNC(=O)c1ccc(N2CCNCC2)c(C(F)F)n1. The summed E-state index contributed by atoms with van der Waals surface area (Å²) < 4.78 is 96.4. The zero-order chi connectivity index (χ0) is 105. The first-order chi connectivity index (χ1) is 67.9. The minimum atomic E-state index is -2.81. The van der Waals surface area contributed by atoms with Gasteiger partial charge in [-0.3, -0.25) is 43.3 Å². The van der Waals surface area contributed by atoms with Crippen LogP contribution < -0.4 is 56.4 Å². The first-order valence-electron chi connectivity index (χ1n) is 47.1. The summed E-state index contributed by atoms with van der Waals surface area (Å²) in [6.45, 7) is 36.2. The molecular formula is C100H129BrF6N22O14. The molecule has 12 heterocycles. The molecule has 772 valence electrons. The van der Waals surface area contributed by atoms with Gasteiger partial charge in [-0.25, -0.2) is 75.6 Å². The van der Waals surface area contributed by atoms with Gasteiger partial charge < -0.3 is 85.3 Å². The highest BCUT2D eigenvalue weighted by Gasteiger charge is 2.35. The molecule has 0 bridgehead atoms. The van der Waals surface area contributed by atoms with E-state index in [2.05, 4.69) is 105 Å². The largest absolute Gasteiger partial charge is 0.444 e. The van der Waals surface area contributed by atoms with E-state index in [4.69, 9.17) is 14.2 Å². The predicted octanol–water partition coefficient (Wildman–Crippen LogP) is 13.2. The van der Waals surface area contributed by atoms with Gasteiger partial charge in [0.1, 0.15) is 68.0 Å². The topological polar surface area (TPSA) is 406 Å². The molecule has 0 atom stereocenters. The Kier molecular flexibility index (Phi) is 41.4. The van der Waals surface area contributed by atoms with Crippen molar-refractivity contribution < 1.29 is 93.3 Å². The maximum Gasteiger partial charge on any atom is 0.410 e. The van der Waals surface area contributed by atoms with Crippen LogP contribution in [0.5, 0.6) is 0 Å². The number of rotatable bonds is 20. The van der Waals surface area contributed by atoms with Gasteiger partial charge in [0.05, 0.1) is 56.9 Å². The number of aldehydes is 1. The van der Waals surface area contributed by atoms with Gasteiger partial charge in [0.15, 0.2) is 17.9 Å². The molecule has 5 fully saturated rings. The van der Waals surface area contributed by atoms with E-state index in [1.54, 1.807) is 83.8 Å². The monoisotopic (exact) mass is 2050 g/mol. The first kappa shape index (κ1) is 113. The molecule has 2 aromatic carbocycles. The van der Waals surface area contributed by atoms with Crippen molar-refractivity contribution in [2.45, 2.75) is 150 Å². The number of hydrogen-bond acceptors (Lipinski definition) is 28. The fourth-order valence-electron chi connectivity index (χ4n) is 15.8. The molecule has 0 spiro atoms. The molecule has 0 saturated carbocycles. The van der Waals surface area contributed by atoms with Crippen LogP contribution in [-0.4, -0.2) is 305 Å². The van der Waals surface area contributed by atoms with E-state index in [1.165, 1.54) is 58.0 Å². The molecule has 36 nitrogen and oxygen atoms in total. The number of benzene rings is 2. The normalized spacial score (nSPS) is 15.4. The third-order valence-corrected chi connectivity index (χ3v) is 23.7. The number of hydrogen-bond donors (Lipinski definition) is 6. The fraction of sp³-hybridized carbons (Fsp3) is 0.480. The number of nitrogens with zero attached hydrogens (tertiary/aromatic N) is 16. The summed E-state index contributed by atoms with van der Waals surface area (Å²) in [5, 5.41) is 16.2. The minimum absolute atomic E-state index is 0.0108. The third-order valence-electron chi connectivity index (χ3n) is 23.1. The molecule has 7 aromatic rings. The van der Waals surface area contributed by atoms with Crippen LogP contribution in [0.2, 0.25) is 0 Å². The number of alkyl halides is 7. The highest BCUT2D eigenvalue weighted by molar-refractivity contribution is 9.08. The third kappa shape index (κ3) is 32.2. The fourth-order valence-corrected chi connectivity index (χ4v) is 16.2. The highest BCUT2D eigenvalue weighted by atomic mass is 79.9. The summed E-state index contributed by atoms with van der Waals surface area (Å²) in [6.07, 6.45) is -4.78. The Labute approximate surface area is 837 Å². The minimum Gasteiger partial charge on any atom is -0.444 e. The second-order valence-electron chi connectivity index (χ2n) is 36.6. The smallest absolute Gasteiger partial charge is 0.410 e. The Morgan fingerprint density at radius 1 is 0.406 bits per heavy atom. The number of piperazine rings is 5. The molecule has 0 radical (unpaired) electrons. The number of nitrogens with one attached hydrogen (secondary N) is 6. The van der Waals surface area contributed by atoms with Crippen molar-refractivity contribution in [1.29, 1.82) is 0 Å². The van der Waals surface area contributed by atoms with Gasteiger partial charge in [-0.15, -0.1) is 0 Å². The quantitative estimate of drug-likeness (QED) is 0.0179. The van der Waals surface area contributed by atoms with Crippen molar-refractivity contribution in [1.82, 2.24) is 76.4 Å². The van der Waals surface area contributed by atoms with Crippen molar-refractivity contribution in [3.05, 3.63) is 183 Å². The Hall–Kier alpha value is -13.6. The number of aromatic nitrogens is 5. The lowest BCUT2D eigenvalue weighted by atomic mass is 9.97. The van der Waals surface area contributed by atoms with Crippen LogP contribution >= 0.6 is 15.9 Å². The van der Waals surface area contributed by atoms with Gasteiger partial charge in [-0.1, -0.05) is 60.6 Å². The number of ketones is 2. The number of amides is 8. The zero-order valence-electron chi connectivity index (χ0n) is 83.7. The van der Waals surface area contributed by atoms with Gasteiger partial charge in [0.2, 0.25) is 0 Å². The van der Waals surface area contributed by atoms with E-state index in [0.29, 0.717) is 183 Å². The molecule has 5 saturated heterocycles. The van der Waals surface area contributed by atoms with Crippen LogP contribution in [0, 0.1) is 0 Å². The number of fused-ring (bicyclic) bond motifs is 2. The van der Waals surface area contributed by atoms with Crippen LogP contribution in [0.15, 0.2) is 114 Å². The van der Waals surface area contributed by atoms with E-state index in [0.717, 1.165) is 65.1 Å². The van der Waals surface area contributed by atoms with E-state index in [-0.39, 0.29) is 81.1 Å². The van der Waals surface area contributed by atoms with E-state index in [1.807, 2.05) is 106 Å². The van der Waals surface area contributed by atoms with E-state index >= 15 is 0 Å². The number of halogens is 7. The molecule has 7 aliphatic rings. The molecule has 143 heavy (non-hydrogen) atoms. The summed E-state index contributed by atoms with van der Waals surface area (Å²) in [7, 11) is 7.37. The van der Waals surface area contributed by atoms with Gasteiger partial charge in [-0.2, -0.15) is 0 Å². The van der Waals surface area contributed by atoms with Gasteiger partial charge in [0, 0.05) is 191 Å². The first-order valence-corrected chi connectivity index (χ1v) is 48.2. The van der Waals surface area contributed by atoms with Crippen LogP contribution in [-0.2, 0) is 48.5 Å². The molecule has 0 aliphatic carbocycles. The van der Waals surface area contributed by atoms with E-state index < -0.39 is 65.6 Å². The zero-order valence-corrected chi connectivity index (χ0v) is 85.3. The molecule has 5 aromatic heterocycles. The molecule has 43 heteroatoms. The molecule has 6 N–H and O–H groups in total. The predicted molar refractivity (Wildman–Crippen MR) is 539 cm³/mol. The number of carbonyl (C=O) groups excluding carboxylic acids is 11. The summed E-state index contributed by atoms with van der Waals surface area (Å²) in [5.41, 5.74) is 8.70. The Balaban J connectivity index is 0.000000194.